The molecule has 0 aliphatic rings. The summed E-state index contributed by atoms with van der Waals surface area (Å²) in [6.45, 7) is 11.9. The first-order valence-electron chi connectivity index (χ1n) is 9.24. The predicted octanol–water partition coefficient (Wildman–Crippen LogP) is 3.13. The molecule has 3 N–H and O–H groups in total. The topological polar surface area (TPSA) is 95.5 Å². The van der Waals surface area contributed by atoms with Crippen molar-refractivity contribution in [3.8, 4) is 0 Å². The van der Waals surface area contributed by atoms with Crippen LogP contribution < -0.4 is 15.4 Å². The largest absolute Gasteiger partial charge is 0.357 e. The molecule has 0 saturated carbocycles. The van der Waals surface area contributed by atoms with Gasteiger partial charge in [0, 0.05) is 40.7 Å². The van der Waals surface area contributed by atoms with Crippen molar-refractivity contribution in [1.29, 1.82) is 0 Å². The number of aryl methyl sites for hydroxylation is 4. The monoisotopic (exact) mass is 571 g/mol. The SMILES string of the molecule is CCNC(=NCCNS(=O)(=O)c1cc(C)sc1C)NCCc1nc(C)c(C)s1.I. The van der Waals surface area contributed by atoms with E-state index in [4.69, 9.17) is 0 Å². The van der Waals surface area contributed by atoms with Crippen molar-refractivity contribution in [2.75, 3.05) is 26.2 Å². The summed E-state index contributed by atoms with van der Waals surface area (Å²) in [6, 6.07) is 1.71. The summed E-state index contributed by atoms with van der Waals surface area (Å²) in [7, 11) is -3.49. The molecule has 0 aliphatic carbocycles. The number of guanidine groups is 1. The Balaban J connectivity index is 0.00000420. The number of aliphatic imine (C=N–C) groups is 1. The normalized spacial score (nSPS) is 12.0. The molecule has 0 unspecified atom stereocenters. The van der Waals surface area contributed by atoms with Gasteiger partial charge >= 0.3 is 0 Å². The van der Waals surface area contributed by atoms with Gasteiger partial charge in [-0.25, -0.2) is 18.1 Å². The highest BCUT2D eigenvalue weighted by Gasteiger charge is 2.18. The van der Waals surface area contributed by atoms with Crippen LogP contribution in [0.4, 0.5) is 0 Å². The minimum absolute atomic E-state index is 0. The number of nitrogens with one attached hydrogen (secondary N) is 3. The number of hydrogen-bond acceptors (Lipinski definition) is 6. The number of thiazole rings is 1. The smallest absolute Gasteiger partial charge is 0.241 e. The van der Waals surface area contributed by atoms with Crippen LogP contribution in [0, 0.1) is 27.7 Å². The van der Waals surface area contributed by atoms with Crippen molar-refractivity contribution in [2.24, 2.45) is 4.99 Å². The third-order valence-corrected chi connectivity index (χ3v) is 7.82. The van der Waals surface area contributed by atoms with E-state index in [1.54, 1.807) is 17.4 Å². The zero-order chi connectivity index (χ0) is 20.7. The van der Waals surface area contributed by atoms with E-state index in [-0.39, 0.29) is 30.5 Å². The number of aromatic nitrogens is 1. The summed E-state index contributed by atoms with van der Waals surface area (Å²) >= 11 is 3.20. The molecule has 0 amide bonds. The Bertz CT molecular complexity index is 903. The van der Waals surface area contributed by atoms with Crippen molar-refractivity contribution in [3.63, 3.8) is 0 Å². The Kier molecular flexibility index (Phi) is 11.0. The van der Waals surface area contributed by atoms with Gasteiger partial charge in [-0.05, 0) is 40.7 Å². The molecule has 0 spiro atoms. The van der Waals surface area contributed by atoms with Crippen LogP contribution in [-0.4, -0.2) is 45.5 Å². The number of sulfonamides is 1. The third kappa shape index (κ3) is 8.12. The Hall–Kier alpha value is -0.760. The lowest BCUT2D eigenvalue weighted by molar-refractivity contribution is 0.582. The first kappa shape index (κ1) is 26.3. The molecule has 2 aromatic heterocycles. The van der Waals surface area contributed by atoms with Crippen LogP contribution in [0.2, 0.25) is 0 Å². The van der Waals surface area contributed by atoms with Gasteiger partial charge in [0.1, 0.15) is 0 Å². The molecule has 0 radical (unpaired) electrons. The van der Waals surface area contributed by atoms with E-state index in [0.717, 1.165) is 40.0 Å². The lowest BCUT2D eigenvalue weighted by Crippen LogP contribution is -2.39. The molecule has 2 aromatic rings. The number of thiophene rings is 1. The molecule has 164 valence electrons. The molecule has 0 aliphatic heterocycles. The molecule has 29 heavy (non-hydrogen) atoms. The standard InChI is InChI=1S/C18H29N5O2S3.HI/c1-6-19-18(20-8-7-17-23-13(3)14(4)27-17)21-9-10-22-28(24,25)16-11-12(2)26-15(16)5;/h11,22H,6-10H2,1-5H3,(H2,19,20,21);1H. The molecule has 0 bridgehead atoms. The van der Waals surface area contributed by atoms with Crippen LogP contribution in [0.25, 0.3) is 0 Å². The molecule has 11 heteroatoms. The van der Waals surface area contributed by atoms with Crippen LogP contribution in [0.5, 0.6) is 0 Å². The summed E-state index contributed by atoms with van der Waals surface area (Å²) in [4.78, 5) is 12.4. The quantitative estimate of drug-likeness (QED) is 0.186. The molecule has 2 rings (SSSR count). The fourth-order valence-corrected chi connectivity index (χ4v) is 6.08. The maximum absolute atomic E-state index is 12.4. The van der Waals surface area contributed by atoms with E-state index >= 15 is 0 Å². The van der Waals surface area contributed by atoms with Gasteiger partial charge in [-0.15, -0.1) is 46.7 Å². The van der Waals surface area contributed by atoms with Gasteiger partial charge in [0.2, 0.25) is 10.0 Å². The molecular formula is C18H30IN5O2S3. The van der Waals surface area contributed by atoms with E-state index in [0.29, 0.717) is 17.4 Å². The van der Waals surface area contributed by atoms with Gasteiger partial charge in [-0.3, -0.25) is 4.99 Å². The zero-order valence-electron chi connectivity index (χ0n) is 17.5. The Morgan fingerprint density at radius 2 is 1.83 bits per heavy atom. The first-order valence-corrected chi connectivity index (χ1v) is 12.4. The summed E-state index contributed by atoms with van der Waals surface area (Å²) in [5.74, 6) is 0.675. The average molecular weight is 572 g/mol. The van der Waals surface area contributed by atoms with Gasteiger partial charge in [0.05, 0.1) is 22.1 Å². The molecule has 2 heterocycles. The van der Waals surface area contributed by atoms with Crippen LogP contribution >= 0.6 is 46.7 Å². The molecule has 0 atom stereocenters. The van der Waals surface area contributed by atoms with Crippen LogP contribution in [-0.2, 0) is 16.4 Å². The second kappa shape index (κ2) is 12.2. The van der Waals surface area contributed by atoms with Crippen molar-refractivity contribution < 1.29 is 8.42 Å². The van der Waals surface area contributed by atoms with E-state index < -0.39 is 10.0 Å². The molecule has 7 nitrogen and oxygen atoms in total. The zero-order valence-corrected chi connectivity index (χ0v) is 22.2. The maximum Gasteiger partial charge on any atom is 0.241 e. The lowest BCUT2D eigenvalue weighted by Gasteiger charge is -2.11. The van der Waals surface area contributed by atoms with Crippen LogP contribution in [0.1, 0.15) is 32.3 Å². The Morgan fingerprint density at radius 1 is 1.10 bits per heavy atom. The predicted molar refractivity (Wildman–Crippen MR) is 134 cm³/mol. The lowest BCUT2D eigenvalue weighted by atomic mass is 10.4. The van der Waals surface area contributed by atoms with E-state index in [1.807, 2.05) is 27.7 Å². The second-order valence-corrected chi connectivity index (χ2v) is 10.8. The van der Waals surface area contributed by atoms with Gasteiger partial charge in [0.15, 0.2) is 5.96 Å². The Labute approximate surface area is 198 Å². The molecular weight excluding hydrogens is 541 g/mol. The summed E-state index contributed by atoms with van der Waals surface area (Å²) in [5.41, 5.74) is 1.09. The summed E-state index contributed by atoms with van der Waals surface area (Å²) in [6.07, 6.45) is 0.827. The van der Waals surface area contributed by atoms with Crippen molar-refractivity contribution in [1.82, 2.24) is 20.3 Å². The van der Waals surface area contributed by atoms with Crippen LogP contribution in [0.3, 0.4) is 0 Å². The summed E-state index contributed by atoms with van der Waals surface area (Å²) < 4.78 is 27.4. The molecule has 0 saturated heterocycles. The first-order chi connectivity index (χ1) is 13.2. The molecule has 0 aromatic carbocycles. The van der Waals surface area contributed by atoms with E-state index in [9.17, 15) is 8.42 Å². The average Bonchev–Trinajstić information content (AvgIpc) is 3.13. The highest BCUT2D eigenvalue weighted by atomic mass is 127. The minimum atomic E-state index is -3.49. The van der Waals surface area contributed by atoms with Crippen molar-refractivity contribution in [2.45, 2.75) is 45.9 Å². The van der Waals surface area contributed by atoms with Gasteiger partial charge < -0.3 is 10.6 Å². The molecule has 0 fully saturated rings. The highest BCUT2D eigenvalue weighted by molar-refractivity contribution is 14.0. The van der Waals surface area contributed by atoms with Crippen LogP contribution in [0.15, 0.2) is 16.0 Å². The fourth-order valence-electron chi connectivity index (χ4n) is 2.58. The summed E-state index contributed by atoms with van der Waals surface area (Å²) in [5, 5.41) is 7.55. The fraction of sp³-hybridized carbons (Fsp3) is 0.556. The Morgan fingerprint density at radius 3 is 2.38 bits per heavy atom. The van der Waals surface area contributed by atoms with Gasteiger partial charge in [0.25, 0.3) is 0 Å². The minimum Gasteiger partial charge on any atom is -0.357 e. The number of rotatable bonds is 9. The van der Waals surface area contributed by atoms with E-state index in [1.165, 1.54) is 16.2 Å². The van der Waals surface area contributed by atoms with Gasteiger partial charge in [-0.1, -0.05) is 0 Å². The van der Waals surface area contributed by atoms with E-state index in [2.05, 4.69) is 32.3 Å². The van der Waals surface area contributed by atoms with Crippen molar-refractivity contribution in [3.05, 3.63) is 31.4 Å². The number of hydrogen-bond donors (Lipinski definition) is 3. The van der Waals surface area contributed by atoms with Gasteiger partial charge in [-0.2, -0.15) is 0 Å². The van der Waals surface area contributed by atoms with Crippen molar-refractivity contribution >= 4 is 62.6 Å². The maximum atomic E-state index is 12.4. The highest BCUT2D eigenvalue weighted by Crippen LogP contribution is 2.24. The number of nitrogens with zero attached hydrogens (tertiary/aromatic N) is 2. The second-order valence-electron chi connectivity index (χ2n) is 6.36. The number of halogens is 1. The third-order valence-electron chi connectivity index (χ3n) is 4.01.